The number of halogens is 2. The van der Waals surface area contributed by atoms with E-state index in [0.29, 0.717) is 18.8 Å². The molecule has 230 valence electrons. The Balaban J connectivity index is 1.55. The van der Waals surface area contributed by atoms with Crippen LogP contribution in [-0.2, 0) is 24.0 Å². The second-order valence-corrected chi connectivity index (χ2v) is 16.0. The maximum absolute atomic E-state index is 14.3. The number of likely N-dealkylation sites (tertiary alicyclic amines) is 1. The minimum atomic E-state index is -1.10. The summed E-state index contributed by atoms with van der Waals surface area (Å²) < 4.78 is -1.10. The Kier molecular flexibility index (Phi) is 10.0. The molecule has 9 heteroatoms. The first-order valence-corrected chi connectivity index (χ1v) is 16.4. The van der Waals surface area contributed by atoms with E-state index in [-0.39, 0.29) is 60.0 Å². The van der Waals surface area contributed by atoms with Crippen molar-refractivity contribution in [2.75, 3.05) is 6.54 Å². The van der Waals surface area contributed by atoms with Crippen molar-refractivity contribution in [1.82, 2.24) is 4.90 Å². The van der Waals surface area contributed by atoms with E-state index in [1.54, 1.807) is 4.90 Å². The third-order valence-corrected chi connectivity index (χ3v) is 11.9. The summed E-state index contributed by atoms with van der Waals surface area (Å²) in [5, 5.41) is 0. The third-order valence-electron chi connectivity index (χ3n) is 10.8. The van der Waals surface area contributed by atoms with Crippen LogP contribution in [0.1, 0.15) is 105 Å². The second kappa shape index (κ2) is 12.6. The van der Waals surface area contributed by atoms with Crippen LogP contribution < -0.4 is 5.73 Å². The molecular weight excluding hydrogens is 563 g/mol. The van der Waals surface area contributed by atoms with Crippen molar-refractivity contribution in [2.45, 2.75) is 115 Å². The maximum Gasteiger partial charge on any atom is 0.285 e. The minimum absolute atomic E-state index is 0.0177. The van der Waals surface area contributed by atoms with Crippen molar-refractivity contribution in [3.63, 3.8) is 0 Å². The van der Waals surface area contributed by atoms with Gasteiger partial charge in [0, 0.05) is 49.5 Å². The van der Waals surface area contributed by atoms with Gasteiger partial charge < -0.3 is 10.6 Å². The van der Waals surface area contributed by atoms with Crippen LogP contribution in [0.2, 0.25) is 0 Å². The third kappa shape index (κ3) is 7.20. The highest BCUT2D eigenvalue weighted by atomic mass is 35.5. The lowest BCUT2D eigenvalue weighted by Crippen LogP contribution is -2.50. The van der Waals surface area contributed by atoms with Crippen LogP contribution in [-0.4, -0.2) is 51.0 Å². The van der Waals surface area contributed by atoms with Gasteiger partial charge in [-0.05, 0) is 42.4 Å². The largest absolute Gasteiger partial charge is 0.363 e. The zero-order valence-corrected chi connectivity index (χ0v) is 26.6. The highest BCUT2D eigenvalue weighted by molar-refractivity contribution is 6.51. The monoisotopic (exact) mass is 610 g/mol. The van der Waals surface area contributed by atoms with E-state index < -0.39 is 39.8 Å². The lowest BCUT2D eigenvalue weighted by molar-refractivity contribution is -0.146. The summed E-state index contributed by atoms with van der Waals surface area (Å²) >= 11 is 13.2. The van der Waals surface area contributed by atoms with Gasteiger partial charge in [-0.25, -0.2) is 0 Å². The quantitative estimate of drug-likeness (QED) is 0.213. The molecule has 41 heavy (non-hydrogen) atoms. The van der Waals surface area contributed by atoms with Crippen LogP contribution in [0.25, 0.3) is 0 Å². The fourth-order valence-electron chi connectivity index (χ4n) is 7.36. The molecule has 0 aromatic heterocycles. The molecule has 4 rings (SSSR count). The van der Waals surface area contributed by atoms with Crippen molar-refractivity contribution in [3.05, 3.63) is 0 Å². The van der Waals surface area contributed by atoms with Gasteiger partial charge in [0.25, 0.3) is 5.91 Å². The Morgan fingerprint density at radius 1 is 0.927 bits per heavy atom. The van der Waals surface area contributed by atoms with Crippen LogP contribution in [0.4, 0.5) is 0 Å². The average molecular weight is 612 g/mol. The Bertz CT molecular complexity index is 1040. The van der Waals surface area contributed by atoms with Gasteiger partial charge in [0.15, 0.2) is 5.78 Å². The fraction of sp³-hybridized carbons (Fsp3) is 0.844. The molecule has 1 saturated heterocycles. The first-order valence-electron chi connectivity index (χ1n) is 15.7. The van der Waals surface area contributed by atoms with Crippen LogP contribution in [0.15, 0.2) is 0 Å². The van der Waals surface area contributed by atoms with Crippen molar-refractivity contribution in [3.8, 4) is 0 Å². The number of alkyl halides is 2. The van der Waals surface area contributed by atoms with Gasteiger partial charge in [0.2, 0.25) is 11.7 Å². The van der Waals surface area contributed by atoms with E-state index >= 15 is 0 Å². The van der Waals surface area contributed by atoms with Crippen LogP contribution in [0.5, 0.6) is 0 Å². The predicted molar refractivity (Wildman–Crippen MR) is 159 cm³/mol. The summed E-state index contributed by atoms with van der Waals surface area (Å²) in [4.78, 5) is 67.7. The SMILES string of the molecule is CC(CC(=O)C[C@H](C(=O)N1C[C@H]2[C@@H]([C@H]1C(=O)C[C@H](CC1CCC1)C(=O)C(N)=O)C2(Cl)Cl)C1CCCCC1)C(C)(C)C. The van der Waals surface area contributed by atoms with E-state index in [4.69, 9.17) is 28.9 Å². The number of carbonyl (C=O) groups is 5. The highest BCUT2D eigenvalue weighted by Crippen LogP contribution is 2.66. The van der Waals surface area contributed by atoms with Crippen molar-refractivity contribution < 1.29 is 24.0 Å². The minimum Gasteiger partial charge on any atom is -0.363 e. The number of nitrogens with two attached hydrogens (primary N) is 1. The topological polar surface area (TPSA) is 115 Å². The lowest BCUT2D eigenvalue weighted by atomic mass is 9.74. The number of primary amides is 1. The molecule has 0 aromatic rings. The maximum atomic E-state index is 14.3. The molecule has 4 aliphatic rings. The molecule has 2 N–H and O–H groups in total. The normalized spacial score (nSPS) is 28.2. The second-order valence-electron chi connectivity index (χ2n) is 14.6. The smallest absolute Gasteiger partial charge is 0.285 e. The molecule has 6 atom stereocenters. The number of ketones is 3. The molecule has 1 heterocycles. The summed E-state index contributed by atoms with van der Waals surface area (Å²) in [7, 11) is 0. The van der Waals surface area contributed by atoms with Gasteiger partial charge in [0.1, 0.15) is 10.1 Å². The first kappa shape index (κ1) is 32.4. The molecule has 1 unspecified atom stereocenters. The molecule has 0 bridgehead atoms. The molecule has 3 aliphatic carbocycles. The number of hydrogen-bond donors (Lipinski definition) is 1. The number of Topliss-reactive ketones (excluding diaryl/α,β-unsaturated/α-hetero) is 3. The Labute approximate surface area is 255 Å². The number of fused-ring (bicyclic) bond motifs is 1. The average Bonchev–Trinajstić information content (AvgIpc) is 3.20. The van der Waals surface area contributed by atoms with Crippen molar-refractivity contribution in [1.29, 1.82) is 0 Å². The van der Waals surface area contributed by atoms with E-state index in [1.807, 2.05) is 0 Å². The molecular formula is C32H48Cl2N2O5. The molecule has 0 radical (unpaired) electrons. The Morgan fingerprint density at radius 2 is 1.56 bits per heavy atom. The van der Waals surface area contributed by atoms with Gasteiger partial charge in [-0.2, -0.15) is 0 Å². The number of carbonyl (C=O) groups excluding carboxylic acids is 5. The van der Waals surface area contributed by atoms with Crippen molar-refractivity contribution in [2.24, 2.45) is 52.6 Å². The molecule has 4 fully saturated rings. The van der Waals surface area contributed by atoms with E-state index in [2.05, 4.69) is 27.7 Å². The first-order chi connectivity index (χ1) is 19.1. The van der Waals surface area contributed by atoms with Crippen molar-refractivity contribution >= 4 is 52.4 Å². The predicted octanol–water partition coefficient (Wildman–Crippen LogP) is 5.67. The van der Waals surface area contributed by atoms with Gasteiger partial charge in [-0.15, -0.1) is 23.2 Å². The lowest BCUT2D eigenvalue weighted by Gasteiger charge is -2.37. The van der Waals surface area contributed by atoms with Gasteiger partial charge >= 0.3 is 0 Å². The Hall–Kier alpha value is -1.47. The number of amides is 2. The zero-order valence-electron chi connectivity index (χ0n) is 25.1. The molecule has 0 spiro atoms. The molecule has 1 aliphatic heterocycles. The Morgan fingerprint density at radius 3 is 2.10 bits per heavy atom. The van der Waals surface area contributed by atoms with Gasteiger partial charge in [0.05, 0.1) is 6.04 Å². The van der Waals surface area contributed by atoms with E-state index in [9.17, 15) is 24.0 Å². The van der Waals surface area contributed by atoms with Gasteiger partial charge in [-0.1, -0.05) is 66.2 Å². The molecule has 2 amide bonds. The van der Waals surface area contributed by atoms with Crippen LogP contribution in [0.3, 0.4) is 0 Å². The van der Waals surface area contributed by atoms with E-state index in [1.165, 1.54) is 0 Å². The summed E-state index contributed by atoms with van der Waals surface area (Å²) in [6.07, 6.45) is 8.84. The summed E-state index contributed by atoms with van der Waals surface area (Å²) in [6, 6.07) is -0.859. The number of nitrogens with zero attached hydrogens (tertiary/aromatic N) is 1. The fourth-order valence-corrected chi connectivity index (χ4v) is 8.19. The number of rotatable bonds is 13. The summed E-state index contributed by atoms with van der Waals surface area (Å²) in [5.74, 6) is -3.50. The van der Waals surface area contributed by atoms with Gasteiger partial charge in [-0.3, -0.25) is 24.0 Å². The highest BCUT2D eigenvalue weighted by Gasteiger charge is 2.73. The molecule has 7 nitrogen and oxygen atoms in total. The summed E-state index contributed by atoms with van der Waals surface area (Å²) in [5.41, 5.74) is 5.33. The standard InChI is InChI=1S/C32H48Cl2N2O5/c1-18(31(2,3)4)13-22(37)16-23(20-11-6-5-7-12-20)30(41)36-17-24-26(32(24,33)34)27(36)25(38)15-21(28(39)29(35)40)14-19-9-8-10-19/h18-21,23-24,26-27H,5-17H2,1-4H3,(H2,35,40)/t18?,21-,23-,24-,26-,27+/m0/s1. The van der Waals surface area contributed by atoms with Crippen LogP contribution >= 0.6 is 23.2 Å². The summed E-state index contributed by atoms with van der Waals surface area (Å²) in [6.45, 7) is 8.69. The number of piperidine rings is 1. The van der Waals surface area contributed by atoms with E-state index in [0.717, 1.165) is 51.4 Å². The number of hydrogen-bond acceptors (Lipinski definition) is 5. The zero-order chi connectivity index (χ0) is 30.3. The van der Waals surface area contributed by atoms with Crippen LogP contribution in [0, 0.1) is 46.8 Å². The molecule has 3 saturated carbocycles. The molecule has 0 aromatic carbocycles.